The maximum absolute atomic E-state index is 12.6. The summed E-state index contributed by atoms with van der Waals surface area (Å²) in [6.07, 6.45) is 5.45. The fourth-order valence-corrected chi connectivity index (χ4v) is 5.15. The molecule has 2 aromatic heterocycles. The van der Waals surface area contributed by atoms with Crippen LogP contribution in [0.1, 0.15) is 31.9 Å². The van der Waals surface area contributed by atoms with E-state index in [-0.39, 0.29) is 11.2 Å². The first-order chi connectivity index (χ1) is 14.7. The summed E-state index contributed by atoms with van der Waals surface area (Å²) in [6, 6.07) is 11.9. The highest BCUT2D eigenvalue weighted by Crippen LogP contribution is 2.30. The maximum Gasteiger partial charge on any atom is 0.237 e. The molecule has 3 heterocycles. The summed E-state index contributed by atoms with van der Waals surface area (Å²) in [4.78, 5) is 15.0. The first-order valence-corrected chi connectivity index (χ1v) is 11.8. The van der Waals surface area contributed by atoms with Crippen molar-refractivity contribution in [1.82, 2.24) is 10.2 Å². The van der Waals surface area contributed by atoms with Gasteiger partial charge in [-0.2, -0.15) is 0 Å². The Kier molecular flexibility index (Phi) is 6.91. The molecule has 0 saturated carbocycles. The minimum atomic E-state index is -0.280. The molecule has 0 radical (unpaired) electrons. The van der Waals surface area contributed by atoms with Crippen LogP contribution in [0, 0.1) is 0 Å². The van der Waals surface area contributed by atoms with Crippen molar-refractivity contribution in [3.63, 3.8) is 0 Å². The van der Waals surface area contributed by atoms with E-state index in [4.69, 9.17) is 4.42 Å². The van der Waals surface area contributed by atoms with Gasteiger partial charge in [-0.1, -0.05) is 23.1 Å². The molecular formula is C21H25N5O2S2. The Morgan fingerprint density at radius 1 is 1.20 bits per heavy atom. The van der Waals surface area contributed by atoms with E-state index in [0.29, 0.717) is 11.7 Å². The molecule has 2 N–H and O–H groups in total. The number of benzene rings is 1. The van der Waals surface area contributed by atoms with Gasteiger partial charge in [0, 0.05) is 24.5 Å². The molecular weight excluding hydrogens is 418 g/mol. The molecule has 158 valence electrons. The van der Waals surface area contributed by atoms with E-state index in [1.165, 1.54) is 48.0 Å². The molecule has 1 aliphatic heterocycles. The molecule has 1 amide bonds. The fourth-order valence-electron chi connectivity index (χ4n) is 3.26. The van der Waals surface area contributed by atoms with Crippen LogP contribution in [0.25, 0.3) is 0 Å². The number of amides is 1. The van der Waals surface area contributed by atoms with E-state index in [9.17, 15) is 4.79 Å². The standard InChI is InChI=1S/C21H25N5O2S2/c1-15(29-21-25-24-20(30-21)22-14-18-6-5-13-28-18)19(27)23-16-7-9-17(10-8-16)26-11-3-2-4-12-26/h5-10,13,15H,2-4,11-12,14H2,1H3,(H,22,24)(H,23,27)/t15-/m1/s1. The van der Waals surface area contributed by atoms with Crippen molar-refractivity contribution in [3.05, 3.63) is 48.4 Å². The van der Waals surface area contributed by atoms with E-state index >= 15 is 0 Å². The van der Waals surface area contributed by atoms with Gasteiger partial charge in [-0.05, 0) is 62.6 Å². The lowest BCUT2D eigenvalue weighted by Crippen LogP contribution is -2.29. The maximum atomic E-state index is 12.6. The van der Waals surface area contributed by atoms with Crippen molar-refractivity contribution < 1.29 is 9.21 Å². The second kappa shape index (κ2) is 9.99. The number of piperidine rings is 1. The van der Waals surface area contributed by atoms with Crippen molar-refractivity contribution in [2.75, 3.05) is 28.6 Å². The lowest BCUT2D eigenvalue weighted by Gasteiger charge is -2.28. The number of nitrogens with one attached hydrogen (secondary N) is 2. The Bertz CT molecular complexity index is 937. The topological polar surface area (TPSA) is 83.3 Å². The number of anilines is 3. The predicted molar refractivity (Wildman–Crippen MR) is 122 cm³/mol. The predicted octanol–water partition coefficient (Wildman–Crippen LogP) is 4.85. The third-order valence-corrected chi connectivity index (χ3v) is 6.97. The van der Waals surface area contributed by atoms with Gasteiger partial charge in [0.05, 0.1) is 18.1 Å². The van der Waals surface area contributed by atoms with Gasteiger partial charge in [0.15, 0.2) is 4.34 Å². The van der Waals surface area contributed by atoms with Gasteiger partial charge in [0.25, 0.3) is 0 Å². The molecule has 1 fully saturated rings. The van der Waals surface area contributed by atoms with Gasteiger partial charge in [0.1, 0.15) is 5.76 Å². The number of aromatic nitrogens is 2. The summed E-state index contributed by atoms with van der Waals surface area (Å²) in [6.45, 7) is 4.65. The van der Waals surface area contributed by atoms with Gasteiger partial charge in [-0.3, -0.25) is 4.79 Å². The van der Waals surface area contributed by atoms with E-state index in [2.05, 4.69) is 37.9 Å². The van der Waals surface area contributed by atoms with Gasteiger partial charge >= 0.3 is 0 Å². The summed E-state index contributed by atoms with van der Waals surface area (Å²) >= 11 is 2.83. The quantitative estimate of drug-likeness (QED) is 0.481. The van der Waals surface area contributed by atoms with Crippen molar-refractivity contribution in [2.24, 2.45) is 0 Å². The molecule has 1 aromatic carbocycles. The van der Waals surface area contributed by atoms with Crippen LogP contribution < -0.4 is 15.5 Å². The van der Waals surface area contributed by atoms with Crippen LogP contribution in [0.2, 0.25) is 0 Å². The monoisotopic (exact) mass is 443 g/mol. The minimum absolute atomic E-state index is 0.0500. The molecule has 0 aliphatic carbocycles. The molecule has 0 bridgehead atoms. The van der Waals surface area contributed by atoms with Crippen molar-refractivity contribution in [3.8, 4) is 0 Å². The molecule has 1 aliphatic rings. The number of hydrogen-bond acceptors (Lipinski definition) is 8. The third-order valence-electron chi connectivity index (χ3n) is 4.90. The Morgan fingerprint density at radius 3 is 2.73 bits per heavy atom. The van der Waals surface area contributed by atoms with Crippen molar-refractivity contribution in [1.29, 1.82) is 0 Å². The average Bonchev–Trinajstić information content (AvgIpc) is 3.45. The normalized spacial score (nSPS) is 15.0. The number of carbonyl (C=O) groups is 1. The average molecular weight is 444 g/mol. The van der Waals surface area contributed by atoms with Crippen LogP contribution in [0.15, 0.2) is 51.4 Å². The van der Waals surface area contributed by atoms with E-state index in [1.54, 1.807) is 6.26 Å². The molecule has 3 aromatic rings. The summed E-state index contributed by atoms with van der Waals surface area (Å²) < 4.78 is 6.04. The molecule has 1 saturated heterocycles. The number of hydrogen-bond donors (Lipinski definition) is 2. The zero-order chi connectivity index (χ0) is 20.8. The van der Waals surface area contributed by atoms with Crippen LogP contribution in [0.5, 0.6) is 0 Å². The third kappa shape index (κ3) is 5.54. The second-order valence-corrected chi connectivity index (χ2v) is 9.72. The molecule has 1 atom stereocenters. The highest BCUT2D eigenvalue weighted by Gasteiger charge is 2.18. The number of rotatable bonds is 8. The minimum Gasteiger partial charge on any atom is -0.467 e. The first kappa shape index (κ1) is 20.7. The number of thioether (sulfide) groups is 1. The summed E-state index contributed by atoms with van der Waals surface area (Å²) in [5.74, 6) is 0.782. The van der Waals surface area contributed by atoms with Gasteiger partial charge < -0.3 is 20.0 Å². The Balaban J connectivity index is 1.26. The number of furan rings is 1. The highest BCUT2D eigenvalue weighted by molar-refractivity contribution is 8.02. The number of carbonyl (C=O) groups excluding carboxylic acids is 1. The molecule has 9 heteroatoms. The van der Waals surface area contributed by atoms with E-state index < -0.39 is 0 Å². The summed E-state index contributed by atoms with van der Waals surface area (Å²) in [7, 11) is 0. The van der Waals surface area contributed by atoms with Crippen molar-refractivity contribution >= 4 is 45.5 Å². The van der Waals surface area contributed by atoms with E-state index in [0.717, 1.165) is 28.9 Å². The smallest absolute Gasteiger partial charge is 0.237 e. The van der Waals surface area contributed by atoms with E-state index in [1.807, 2.05) is 31.2 Å². The summed E-state index contributed by atoms with van der Waals surface area (Å²) in [5, 5.41) is 14.9. The Labute approximate surface area is 184 Å². The van der Waals surface area contributed by atoms with Crippen LogP contribution in [0.3, 0.4) is 0 Å². The molecule has 0 unspecified atom stereocenters. The van der Waals surface area contributed by atoms with Crippen LogP contribution >= 0.6 is 23.1 Å². The van der Waals surface area contributed by atoms with Crippen LogP contribution in [0.4, 0.5) is 16.5 Å². The lowest BCUT2D eigenvalue weighted by atomic mass is 10.1. The lowest BCUT2D eigenvalue weighted by molar-refractivity contribution is -0.115. The highest BCUT2D eigenvalue weighted by atomic mass is 32.2. The number of nitrogens with zero attached hydrogens (tertiary/aromatic N) is 3. The van der Waals surface area contributed by atoms with Crippen LogP contribution in [-0.2, 0) is 11.3 Å². The molecule has 30 heavy (non-hydrogen) atoms. The van der Waals surface area contributed by atoms with Gasteiger partial charge in [0.2, 0.25) is 11.0 Å². The molecule has 7 nitrogen and oxygen atoms in total. The largest absolute Gasteiger partial charge is 0.467 e. The van der Waals surface area contributed by atoms with Gasteiger partial charge in [-0.25, -0.2) is 0 Å². The SMILES string of the molecule is C[C@@H](Sc1nnc(NCc2ccco2)s1)C(=O)Nc1ccc(N2CCCCC2)cc1. The summed E-state index contributed by atoms with van der Waals surface area (Å²) in [5.41, 5.74) is 2.03. The molecule has 0 spiro atoms. The zero-order valence-corrected chi connectivity index (χ0v) is 18.5. The van der Waals surface area contributed by atoms with Gasteiger partial charge in [-0.15, -0.1) is 10.2 Å². The first-order valence-electron chi connectivity index (χ1n) is 10.1. The Morgan fingerprint density at radius 2 is 2.00 bits per heavy atom. The Hall–Kier alpha value is -2.52. The van der Waals surface area contributed by atoms with Crippen LogP contribution in [-0.4, -0.2) is 34.4 Å². The van der Waals surface area contributed by atoms with Crippen molar-refractivity contribution in [2.45, 2.75) is 42.3 Å². The zero-order valence-electron chi connectivity index (χ0n) is 16.8. The fraction of sp³-hybridized carbons (Fsp3) is 0.381. The molecule has 4 rings (SSSR count). The second-order valence-electron chi connectivity index (χ2n) is 7.15.